The molecule has 26 heavy (non-hydrogen) atoms. The number of carbonyl (C=O) groups excluding carboxylic acids is 3. The van der Waals surface area contributed by atoms with Gasteiger partial charge in [0.05, 0.1) is 38.0 Å². The topological polar surface area (TPSA) is 105 Å². The van der Waals surface area contributed by atoms with E-state index >= 15 is 0 Å². The maximum Gasteiger partial charge on any atom is 0.338 e. The summed E-state index contributed by atoms with van der Waals surface area (Å²) in [5.41, 5.74) is 0.696. The van der Waals surface area contributed by atoms with E-state index in [1.807, 2.05) is 0 Å². The van der Waals surface area contributed by atoms with Crippen molar-refractivity contribution < 1.29 is 29.0 Å². The van der Waals surface area contributed by atoms with Crippen LogP contribution >= 0.6 is 11.6 Å². The Hall–Kier alpha value is -2.58. The fourth-order valence-corrected chi connectivity index (χ4v) is 2.72. The minimum Gasteiger partial charge on any atom is -0.466 e. The predicted molar refractivity (Wildman–Crippen MR) is 93.7 cm³/mol. The molecule has 1 aromatic carbocycles. The molecule has 1 aliphatic heterocycles. The highest BCUT2D eigenvalue weighted by atomic mass is 35.5. The Kier molecular flexibility index (Phi) is 6.59. The number of ether oxygens (including phenoxy) is 2. The lowest BCUT2D eigenvalue weighted by Crippen LogP contribution is -2.31. The van der Waals surface area contributed by atoms with Crippen LogP contribution in [-0.4, -0.2) is 61.3 Å². The molecule has 0 fully saturated rings. The molecule has 8 nitrogen and oxygen atoms in total. The van der Waals surface area contributed by atoms with Crippen molar-refractivity contribution in [3.05, 3.63) is 40.1 Å². The number of aliphatic hydroxyl groups is 1. The molecular weight excluding hydrogens is 364 g/mol. The summed E-state index contributed by atoms with van der Waals surface area (Å²) in [6.07, 6.45) is 0. The van der Waals surface area contributed by atoms with Gasteiger partial charge in [0.1, 0.15) is 5.70 Å². The second kappa shape index (κ2) is 8.68. The van der Waals surface area contributed by atoms with E-state index in [0.29, 0.717) is 5.69 Å². The number of benzene rings is 1. The lowest BCUT2D eigenvalue weighted by molar-refractivity contribution is -0.136. The van der Waals surface area contributed by atoms with Crippen molar-refractivity contribution >= 4 is 35.1 Å². The summed E-state index contributed by atoms with van der Waals surface area (Å²) in [7, 11) is 1.21. The molecule has 140 valence electrons. The van der Waals surface area contributed by atoms with Gasteiger partial charge in [-0.1, -0.05) is 11.6 Å². The van der Waals surface area contributed by atoms with E-state index in [0.717, 1.165) is 0 Å². The Morgan fingerprint density at radius 3 is 2.65 bits per heavy atom. The highest BCUT2D eigenvalue weighted by molar-refractivity contribution is 6.31. The van der Waals surface area contributed by atoms with Gasteiger partial charge in [0.15, 0.2) is 0 Å². The molecule has 0 bridgehead atoms. The minimum absolute atomic E-state index is 0.0136. The average molecular weight is 383 g/mol. The fraction of sp³-hybridized carbons (Fsp3) is 0.353. The molecule has 1 aromatic rings. The number of amides is 1. The summed E-state index contributed by atoms with van der Waals surface area (Å²) in [6, 6.07) is 4.41. The van der Waals surface area contributed by atoms with Crippen molar-refractivity contribution in [1.82, 2.24) is 4.90 Å². The van der Waals surface area contributed by atoms with Crippen LogP contribution in [0.15, 0.2) is 29.5 Å². The van der Waals surface area contributed by atoms with Crippen molar-refractivity contribution in [3.8, 4) is 0 Å². The van der Waals surface area contributed by atoms with Crippen LogP contribution in [0.4, 0.5) is 5.69 Å². The van der Waals surface area contributed by atoms with Crippen molar-refractivity contribution in [2.75, 3.05) is 38.7 Å². The summed E-state index contributed by atoms with van der Waals surface area (Å²) in [6.45, 7) is 1.74. The number of nitrogens with zero attached hydrogens (tertiary/aromatic N) is 1. The first kappa shape index (κ1) is 19.7. The van der Waals surface area contributed by atoms with E-state index in [9.17, 15) is 14.4 Å². The highest BCUT2D eigenvalue weighted by Gasteiger charge is 2.34. The molecule has 0 spiro atoms. The van der Waals surface area contributed by atoms with E-state index in [2.05, 4.69) is 5.32 Å². The molecule has 0 aliphatic carbocycles. The van der Waals surface area contributed by atoms with Gasteiger partial charge in [0.25, 0.3) is 5.91 Å². The van der Waals surface area contributed by atoms with Crippen molar-refractivity contribution in [2.24, 2.45) is 0 Å². The number of nitrogens with one attached hydrogen (secondary N) is 1. The van der Waals surface area contributed by atoms with Gasteiger partial charge >= 0.3 is 11.9 Å². The van der Waals surface area contributed by atoms with Crippen molar-refractivity contribution in [2.45, 2.75) is 6.92 Å². The Morgan fingerprint density at radius 1 is 1.31 bits per heavy atom. The lowest BCUT2D eigenvalue weighted by atomic mass is 10.1. The van der Waals surface area contributed by atoms with Crippen LogP contribution in [0.5, 0.6) is 0 Å². The number of carbonyl (C=O) groups is 3. The van der Waals surface area contributed by atoms with Gasteiger partial charge in [0, 0.05) is 17.3 Å². The van der Waals surface area contributed by atoms with Crippen LogP contribution in [0, 0.1) is 0 Å². The molecule has 0 aromatic heterocycles. The van der Waals surface area contributed by atoms with Crippen LogP contribution in [0.25, 0.3) is 0 Å². The maximum atomic E-state index is 12.5. The minimum atomic E-state index is -0.658. The lowest BCUT2D eigenvalue weighted by Gasteiger charge is -2.15. The van der Waals surface area contributed by atoms with Gasteiger partial charge in [-0.25, -0.2) is 9.59 Å². The second-order valence-corrected chi connectivity index (χ2v) is 5.81. The molecule has 9 heteroatoms. The number of aliphatic hydroxyl groups excluding tert-OH is 1. The van der Waals surface area contributed by atoms with Crippen molar-refractivity contribution in [1.29, 1.82) is 0 Å². The summed E-state index contributed by atoms with van der Waals surface area (Å²) < 4.78 is 9.66. The van der Waals surface area contributed by atoms with Crippen molar-refractivity contribution in [3.63, 3.8) is 0 Å². The number of rotatable bonds is 7. The molecule has 2 N–H and O–H groups in total. The van der Waals surface area contributed by atoms with Gasteiger partial charge in [-0.05, 0) is 25.1 Å². The van der Waals surface area contributed by atoms with Crippen LogP contribution < -0.4 is 5.32 Å². The number of hydrogen-bond acceptors (Lipinski definition) is 7. The first-order valence-electron chi connectivity index (χ1n) is 7.87. The number of hydrogen-bond donors (Lipinski definition) is 2. The molecule has 1 heterocycles. The fourth-order valence-electron chi connectivity index (χ4n) is 2.49. The normalized spacial score (nSPS) is 13.8. The number of esters is 2. The summed E-state index contributed by atoms with van der Waals surface area (Å²) in [4.78, 5) is 37.7. The van der Waals surface area contributed by atoms with Gasteiger partial charge < -0.3 is 24.8 Å². The largest absolute Gasteiger partial charge is 0.466 e. The Morgan fingerprint density at radius 2 is 2.04 bits per heavy atom. The van der Waals surface area contributed by atoms with Gasteiger partial charge in [-0.2, -0.15) is 0 Å². The Balaban J connectivity index is 2.36. The smallest absolute Gasteiger partial charge is 0.338 e. The second-order valence-electron chi connectivity index (χ2n) is 5.37. The highest BCUT2D eigenvalue weighted by Crippen LogP contribution is 2.26. The van der Waals surface area contributed by atoms with Gasteiger partial charge in [0.2, 0.25) is 0 Å². The van der Waals surface area contributed by atoms with E-state index in [-0.39, 0.29) is 48.2 Å². The molecular formula is C17H19ClN2O6. The SMILES string of the molecule is CCOC(=O)c1cc(Cl)cc(NC2=C(C(=O)OC)CN(CCO)C2=O)c1. The Bertz CT molecular complexity index is 762. The zero-order valence-corrected chi connectivity index (χ0v) is 15.1. The third-order valence-electron chi connectivity index (χ3n) is 3.63. The van der Waals surface area contributed by atoms with Gasteiger partial charge in [-0.3, -0.25) is 4.79 Å². The van der Waals surface area contributed by atoms with E-state index < -0.39 is 17.8 Å². The average Bonchev–Trinajstić information content (AvgIpc) is 2.91. The molecule has 0 radical (unpaired) electrons. The number of anilines is 1. The summed E-state index contributed by atoms with van der Waals surface area (Å²) in [5.74, 6) is -1.68. The molecule has 1 amide bonds. The standard InChI is InChI=1S/C17H19ClN2O6/c1-3-26-16(23)10-6-11(18)8-12(7-10)19-14-13(17(24)25-2)9-20(4-5-21)15(14)22/h6-8,19,21H,3-5,9H2,1-2H3. The maximum absolute atomic E-state index is 12.5. The first-order valence-corrected chi connectivity index (χ1v) is 8.25. The van der Waals surface area contributed by atoms with E-state index in [1.54, 1.807) is 6.92 Å². The summed E-state index contributed by atoms with van der Waals surface area (Å²) >= 11 is 6.04. The zero-order chi connectivity index (χ0) is 19.3. The number of methoxy groups -OCH3 is 1. The third kappa shape index (κ3) is 4.33. The molecule has 0 unspecified atom stereocenters. The molecule has 0 saturated heterocycles. The number of β-amino-alcohol motifs (C(OH)–C–C–N with tert-alkyl or cyclic N) is 1. The van der Waals surface area contributed by atoms with E-state index in [4.69, 9.17) is 26.2 Å². The first-order chi connectivity index (χ1) is 12.4. The third-order valence-corrected chi connectivity index (χ3v) is 3.85. The molecule has 0 atom stereocenters. The van der Waals surface area contributed by atoms with Crippen LogP contribution in [0.2, 0.25) is 5.02 Å². The summed E-state index contributed by atoms with van der Waals surface area (Å²) in [5, 5.41) is 12.2. The van der Waals surface area contributed by atoms with Gasteiger partial charge in [-0.15, -0.1) is 0 Å². The predicted octanol–water partition coefficient (Wildman–Crippen LogP) is 1.19. The molecule has 1 aliphatic rings. The Labute approximate surface area is 155 Å². The molecule has 0 saturated carbocycles. The monoisotopic (exact) mass is 382 g/mol. The van der Waals surface area contributed by atoms with Crippen LogP contribution in [-0.2, 0) is 19.1 Å². The van der Waals surface area contributed by atoms with E-state index in [1.165, 1.54) is 30.2 Å². The number of halogens is 1. The zero-order valence-electron chi connectivity index (χ0n) is 14.4. The quantitative estimate of drug-likeness (QED) is 0.682. The van der Waals surface area contributed by atoms with Crippen LogP contribution in [0.3, 0.4) is 0 Å². The van der Waals surface area contributed by atoms with Crippen LogP contribution in [0.1, 0.15) is 17.3 Å². The molecule has 2 rings (SSSR count).